The molecule has 0 aliphatic carbocycles. The molecule has 0 aromatic heterocycles. The standard InChI is InChI=1S/C42H50N2O9/c1-46-34-22-19-29(18-17-28-25-36(48-3)39(51-6)37(26-28)49-4)38(50-5)40(34)53-24-14-10-8-7-9-13-23-52-33-21-20-30(27-35(33)47-2)41-43-32-16-12-11-15-31(32)42(45)44-41/h11-12,15-22,25-27,41,43H,7-10,13-14,23-24H2,1-6H3,(H,44,45)/b18-17+. The fourth-order valence-corrected chi connectivity index (χ4v) is 6.21. The number of benzene rings is 4. The van der Waals surface area contributed by atoms with Gasteiger partial charge in [-0.1, -0.05) is 56.0 Å². The number of ether oxygens (including phenoxy) is 8. The van der Waals surface area contributed by atoms with E-state index in [9.17, 15) is 4.79 Å². The van der Waals surface area contributed by atoms with Gasteiger partial charge in [-0.15, -0.1) is 0 Å². The van der Waals surface area contributed by atoms with Gasteiger partial charge < -0.3 is 48.5 Å². The number of rotatable bonds is 20. The maximum absolute atomic E-state index is 12.6. The Bertz CT molecular complexity index is 1830. The summed E-state index contributed by atoms with van der Waals surface area (Å²) in [6.07, 6.45) is 9.67. The number of unbranched alkanes of at least 4 members (excludes halogenated alkanes) is 5. The first-order chi connectivity index (χ1) is 25.9. The molecule has 0 fully saturated rings. The first kappa shape index (κ1) is 38.5. The lowest BCUT2D eigenvalue weighted by molar-refractivity contribution is 0.0935. The minimum atomic E-state index is -0.358. The molecule has 53 heavy (non-hydrogen) atoms. The van der Waals surface area contributed by atoms with Crippen LogP contribution in [0, 0.1) is 0 Å². The summed E-state index contributed by atoms with van der Waals surface area (Å²) in [7, 11) is 9.64. The van der Waals surface area contributed by atoms with Crippen molar-refractivity contribution in [3.63, 3.8) is 0 Å². The molecule has 282 valence electrons. The second-order valence-electron chi connectivity index (χ2n) is 12.3. The van der Waals surface area contributed by atoms with Gasteiger partial charge in [-0.3, -0.25) is 4.79 Å². The summed E-state index contributed by atoms with van der Waals surface area (Å²) >= 11 is 0. The number of anilines is 1. The molecule has 1 aliphatic rings. The number of hydrogen-bond donors (Lipinski definition) is 2. The lowest BCUT2D eigenvalue weighted by Crippen LogP contribution is -2.38. The summed E-state index contributed by atoms with van der Waals surface area (Å²) < 4.78 is 45.8. The topological polar surface area (TPSA) is 115 Å². The van der Waals surface area contributed by atoms with Crippen molar-refractivity contribution in [2.24, 2.45) is 0 Å². The van der Waals surface area contributed by atoms with Gasteiger partial charge in [0.25, 0.3) is 5.91 Å². The number of methoxy groups -OCH3 is 6. The molecule has 1 heterocycles. The predicted octanol–water partition coefficient (Wildman–Crippen LogP) is 8.56. The van der Waals surface area contributed by atoms with Crippen molar-refractivity contribution < 1.29 is 42.7 Å². The molecule has 2 N–H and O–H groups in total. The van der Waals surface area contributed by atoms with E-state index >= 15 is 0 Å². The molecule has 11 nitrogen and oxygen atoms in total. The number of hydrogen-bond acceptors (Lipinski definition) is 10. The van der Waals surface area contributed by atoms with Crippen LogP contribution < -0.4 is 48.5 Å². The zero-order valence-electron chi connectivity index (χ0n) is 31.4. The Labute approximate surface area is 312 Å². The van der Waals surface area contributed by atoms with Gasteiger partial charge in [-0.25, -0.2) is 0 Å². The molecule has 1 amide bonds. The summed E-state index contributed by atoms with van der Waals surface area (Å²) in [6.45, 7) is 1.13. The van der Waals surface area contributed by atoms with Crippen LogP contribution in [0.2, 0.25) is 0 Å². The van der Waals surface area contributed by atoms with Crippen LogP contribution in [0.3, 0.4) is 0 Å². The zero-order chi connectivity index (χ0) is 37.6. The van der Waals surface area contributed by atoms with Gasteiger partial charge >= 0.3 is 0 Å². The van der Waals surface area contributed by atoms with E-state index in [2.05, 4.69) is 10.6 Å². The Kier molecular flexibility index (Phi) is 14.0. The lowest BCUT2D eigenvalue weighted by atomic mass is 10.1. The smallest absolute Gasteiger partial charge is 0.255 e. The third kappa shape index (κ3) is 9.59. The normalized spacial score (nSPS) is 13.4. The van der Waals surface area contributed by atoms with Crippen molar-refractivity contribution in [2.75, 3.05) is 61.2 Å². The minimum Gasteiger partial charge on any atom is -0.493 e. The van der Waals surface area contributed by atoms with E-state index in [1.807, 2.05) is 72.8 Å². The molecule has 4 aromatic carbocycles. The van der Waals surface area contributed by atoms with Crippen molar-refractivity contribution >= 4 is 23.7 Å². The summed E-state index contributed by atoms with van der Waals surface area (Å²) in [6, 6.07) is 20.8. The Hall–Kier alpha value is -5.71. The Morgan fingerprint density at radius 3 is 1.83 bits per heavy atom. The van der Waals surface area contributed by atoms with Crippen molar-refractivity contribution in [2.45, 2.75) is 44.7 Å². The lowest BCUT2D eigenvalue weighted by Gasteiger charge is -2.28. The van der Waals surface area contributed by atoms with E-state index in [0.717, 1.165) is 60.9 Å². The van der Waals surface area contributed by atoms with E-state index in [4.69, 9.17) is 37.9 Å². The summed E-state index contributed by atoms with van der Waals surface area (Å²) in [5.74, 6) is 4.68. The predicted molar refractivity (Wildman–Crippen MR) is 207 cm³/mol. The molecule has 0 bridgehead atoms. The van der Waals surface area contributed by atoms with E-state index < -0.39 is 0 Å². The first-order valence-electron chi connectivity index (χ1n) is 17.8. The van der Waals surface area contributed by atoms with Gasteiger partial charge in [-0.2, -0.15) is 0 Å². The average Bonchev–Trinajstić information content (AvgIpc) is 3.19. The van der Waals surface area contributed by atoms with Gasteiger partial charge in [0.1, 0.15) is 6.17 Å². The molecular weight excluding hydrogens is 676 g/mol. The van der Waals surface area contributed by atoms with Crippen LogP contribution in [0.4, 0.5) is 5.69 Å². The first-order valence-corrected chi connectivity index (χ1v) is 17.8. The molecule has 1 unspecified atom stereocenters. The van der Waals surface area contributed by atoms with Crippen molar-refractivity contribution in [1.29, 1.82) is 0 Å². The molecule has 4 aromatic rings. The fraction of sp³-hybridized carbons (Fsp3) is 0.357. The van der Waals surface area contributed by atoms with Crippen LogP contribution in [0.25, 0.3) is 12.2 Å². The number of carbonyl (C=O) groups excluding carboxylic acids is 1. The van der Waals surface area contributed by atoms with E-state index in [-0.39, 0.29) is 12.1 Å². The van der Waals surface area contributed by atoms with Gasteiger partial charge in [0.05, 0.1) is 61.4 Å². The quantitative estimate of drug-likeness (QED) is 0.0678. The molecule has 0 saturated carbocycles. The number of para-hydroxylation sites is 1. The number of nitrogens with one attached hydrogen (secondary N) is 2. The number of fused-ring (bicyclic) bond motifs is 1. The largest absolute Gasteiger partial charge is 0.493 e. The Balaban J connectivity index is 1.05. The molecule has 1 atom stereocenters. The van der Waals surface area contributed by atoms with Crippen LogP contribution in [0.5, 0.6) is 46.0 Å². The van der Waals surface area contributed by atoms with Crippen molar-refractivity contribution in [3.8, 4) is 46.0 Å². The zero-order valence-corrected chi connectivity index (χ0v) is 31.4. The van der Waals surface area contributed by atoms with Crippen LogP contribution in [-0.4, -0.2) is 61.8 Å². The van der Waals surface area contributed by atoms with Crippen molar-refractivity contribution in [3.05, 3.63) is 89.0 Å². The van der Waals surface area contributed by atoms with E-state index in [0.29, 0.717) is 64.8 Å². The molecule has 11 heteroatoms. The maximum Gasteiger partial charge on any atom is 0.255 e. The van der Waals surface area contributed by atoms with Crippen LogP contribution >= 0.6 is 0 Å². The number of carbonyl (C=O) groups is 1. The second-order valence-corrected chi connectivity index (χ2v) is 12.3. The molecule has 1 aliphatic heterocycles. The Morgan fingerprint density at radius 1 is 0.547 bits per heavy atom. The molecule has 0 saturated heterocycles. The third-order valence-corrected chi connectivity index (χ3v) is 8.98. The highest BCUT2D eigenvalue weighted by molar-refractivity contribution is 6.01. The Morgan fingerprint density at radius 2 is 1.17 bits per heavy atom. The summed E-state index contributed by atoms with van der Waals surface area (Å²) in [5.41, 5.74) is 4.03. The van der Waals surface area contributed by atoms with E-state index in [1.54, 1.807) is 48.7 Å². The fourth-order valence-electron chi connectivity index (χ4n) is 6.21. The maximum atomic E-state index is 12.6. The summed E-state index contributed by atoms with van der Waals surface area (Å²) in [4.78, 5) is 12.6. The highest BCUT2D eigenvalue weighted by atomic mass is 16.5. The van der Waals surface area contributed by atoms with Gasteiger partial charge in [0.15, 0.2) is 34.5 Å². The average molecular weight is 727 g/mol. The van der Waals surface area contributed by atoms with E-state index in [1.165, 1.54) is 0 Å². The number of amides is 1. The third-order valence-electron chi connectivity index (χ3n) is 8.98. The van der Waals surface area contributed by atoms with Gasteiger partial charge in [0, 0.05) is 11.3 Å². The highest BCUT2D eigenvalue weighted by Crippen LogP contribution is 2.42. The molecule has 5 rings (SSSR count). The monoisotopic (exact) mass is 726 g/mol. The summed E-state index contributed by atoms with van der Waals surface area (Å²) in [5, 5.41) is 6.38. The van der Waals surface area contributed by atoms with Gasteiger partial charge in [0.2, 0.25) is 11.5 Å². The highest BCUT2D eigenvalue weighted by Gasteiger charge is 2.25. The molecule has 0 radical (unpaired) electrons. The van der Waals surface area contributed by atoms with Gasteiger partial charge in [-0.05, 0) is 72.5 Å². The van der Waals surface area contributed by atoms with Crippen LogP contribution in [0.15, 0.2) is 66.7 Å². The second kappa shape index (κ2) is 19.2. The van der Waals surface area contributed by atoms with Crippen molar-refractivity contribution in [1.82, 2.24) is 5.32 Å². The van der Waals surface area contributed by atoms with Crippen LogP contribution in [0.1, 0.15) is 71.7 Å². The molecule has 0 spiro atoms. The SMILES string of the molecule is COc1cc(C2NC(=O)c3ccccc3N2)ccc1OCCCCCCCCOc1c(OC)ccc(/C=C/c2cc(OC)c(OC)c(OC)c2)c1OC. The minimum absolute atomic E-state index is 0.110. The van der Waals surface area contributed by atoms with Crippen LogP contribution in [-0.2, 0) is 0 Å². The molecular formula is C42H50N2O9.